The molecule has 1 amide bonds. The van der Waals surface area contributed by atoms with Crippen molar-refractivity contribution in [1.29, 1.82) is 0 Å². The second-order valence-electron chi connectivity index (χ2n) is 8.87. The molecule has 1 fully saturated rings. The van der Waals surface area contributed by atoms with Gasteiger partial charge in [-0.15, -0.1) is 23.2 Å². The number of benzene rings is 3. The first-order chi connectivity index (χ1) is 17.5. The Morgan fingerprint density at radius 2 is 1.49 bits per heavy atom. The topological polar surface area (TPSA) is 75.3 Å². The van der Waals surface area contributed by atoms with Crippen LogP contribution in [0.3, 0.4) is 0 Å². The molecule has 0 aromatic heterocycles. The van der Waals surface area contributed by atoms with Crippen LogP contribution in [0.5, 0.6) is 0 Å². The highest BCUT2D eigenvalue weighted by Gasteiger charge is 2.67. The summed E-state index contributed by atoms with van der Waals surface area (Å²) in [5.41, 5.74) is 2.88. The third kappa shape index (κ3) is 6.60. The predicted molar refractivity (Wildman–Crippen MR) is 151 cm³/mol. The lowest BCUT2D eigenvalue weighted by atomic mass is 10.0. The number of halogens is 5. The predicted octanol–water partition coefficient (Wildman–Crippen LogP) is 7.60. The Bertz CT molecular complexity index is 1350. The van der Waals surface area contributed by atoms with Crippen molar-refractivity contribution in [2.45, 2.75) is 23.6 Å². The van der Waals surface area contributed by atoms with Crippen LogP contribution in [0.15, 0.2) is 60.7 Å². The van der Waals surface area contributed by atoms with Gasteiger partial charge in [0.05, 0.1) is 17.5 Å². The minimum Gasteiger partial charge on any atom is -0.378 e. The molecule has 2 atom stereocenters. The summed E-state index contributed by atoms with van der Waals surface area (Å²) in [7, 11) is 0. The minimum atomic E-state index is -1.32. The van der Waals surface area contributed by atoms with Crippen molar-refractivity contribution in [3.63, 3.8) is 0 Å². The molecule has 2 N–H and O–H groups in total. The van der Waals surface area contributed by atoms with Crippen LogP contribution >= 0.6 is 58.0 Å². The number of carbonyl (C=O) groups excluding carboxylic acids is 3. The normalized spacial score (nSPS) is 17.7. The summed E-state index contributed by atoms with van der Waals surface area (Å²) in [6.45, 7) is 1.73. The highest BCUT2D eigenvalue weighted by Crippen LogP contribution is 2.65. The van der Waals surface area contributed by atoms with E-state index in [0.717, 1.165) is 11.3 Å². The summed E-state index contributed by atoms with van der Waals surface area (Å²) in [6, 6.07) is 16.8. The molecule has 1 saturated carbocycles. The number of anilines is 2. The van der Waals surface area contributed by atoms with Gasteiger partial charge < -0.3 is 10.6 Å². The number of hydrogen-bond donors (Lipinski definition) is 2. The number of rotatable bonds is 9. The van der Waals surface area contributed by atoms with Crippen LogP contribution < -0.4 is 10.6 Å². The summed E-state index contributed by atoms with van der Waals surface area (Å²) >= 11 is 31.4. The van der Waals surface area contributed by atoms with E-state index >= 15 is 0 Å². The first-order valence-electron chi connectivity index (χ1n) is 11.3. The van der Waals surface area contributed by atoms with Crippen LogP contribution in [-0.4, -0.2) is 28.4 Å². The maximum Gasteiger partial charge on any atom is 0.231 e. The van der Waals surface area contributed by atoms with Gasteiger partial charge in [0.15, 0.2) is 5.78 Å². The standard InChI is InChI=1S/C27H21Cl5N2O3/c1-14(35)13-33-19-4-2-15(3-5-19)8-23(36)21-12-20(6-7-22(21)30)34-26(37)25-24(27(25,31)32)16-9-17(28)11-18(29)10-16/h2-7,9-12,24-25,33H,8,13H2,1H3,(H,34,37). The van der Waals surface area contributed by atoms with Crippen LogP contribution in [0, 0.1) is 5.92 Å². The number of hydrogen-bond acceptors (Lipinski definition) is 4. The van der Waals surface area contributed by atoms with Crippen LogP contribution in [0.1, 0.15) is 34.3 Å². The van der Waals surface area contributed by atoms with E-state index < -0.39 is 22.1 Å². The molecular weight excluding hydrogens is 578 g/mol. The van der Waals surface area contributed by atoms with Gasteiger partial charge in [-0.3, -0.25) is 14.4 Å². The van der Waals surface area contributed by atoms with E-state index in [1.807, 2.05) is 0 Å². The van der Waals surface area contributed by atoms with E-state index in [-0.39, 0.29) is 35.1 Å². The number of nitrogens with one attached hydrogen (secondary N) is 2. The zero-order valence-electron chi connectivity index (χ0n) is 19.5. The molecule has 1 aliphatic carbocycles. The molecule has 3 aromatic carbocycles. The van der Waals surface area contributed by atoms with Gasteiger partial charge in [0.1, 0.15) is 10.1 Å². The van der Waals surface area contributed by atoms with Crippen LogP contribution in [0.2, 0.25) is 15.1 Å². The molecule has 0 heterocycles. The van der Waals surface area contributed by atoms with E-state index in [4.69, 9.17) is 58.0 Å². The maximum atomic E-state index is 13.0. The smallest absolute Gasteiger partial charge is 0.231 e. The van der Waals surface area contributed by atoms with E-state index in [1.165, 1.54) is 13.0 Å². The van der Waals surface area contributed by atoms with Crippen LogP contribution in [0.4, 0.5) is 11.4 Å². The largest absolute Gasteiger partial charge is 0.378 e. The van der Waals surface area contributed by atoms with Crippen molar-refractivity contribution in [3.05, 3.63) is 92.4 Å². The fraction of sp³-hybridized carbons (Fsp3) is 0.222. The van der Waals surface area contributed by atoms with Crippen molar-refractivity contribution in [2.75, 3.05) is 17.2 Å². The average molecular weight is 599 g/mol. The van der Waals surface area contributed by atoms with Gasteiger partial charge >= 0.3 is 0 Å². The second-order valence-corrected chi connectivity index (χ2v) is 11.6. The molecule has 0 bridgehead atoms. The van der Waals surface area contributed by atoms with Crippen molar-refractivity contribution < 1.29 is 14.4 Å². The molecule has 1 aliphatic rings. The van der Waals surface area contributed by atoms with E-state index in [0.29, 0.717) is 21.3 Å². The molecule has 0 aliphatic heterocycles. The van der Waals surface area contributed by atoms with Crippen molar-refractivity contribution in [3.8, 4) is 0 Å². The molecule has 5 nitrogen and oxygen atoms in total. The maximum absolute atomic E-state index is 13.0. The molecule has 0 saturated heterocycles. The third-order valence-electron chi connectivity index (χ3n) is 5.97. The molecule has 4 rings (SSSR count). The van der Waals surface area contributed by atoms with Gasteiger partial charge in [-0.25, -0.2) is 0 Å². The third-order valence-corrected chi connectivity index (χ3v) is 7.68. The van der Waals surface area contributed by atoms with E-state index in [1.54, 1.807) is 54.6 Å². The van der Waals surface area contributed by atoms with Crippen molar-refractivity contribution in [2.24, 2.45) is 5.92 Å². The first-order valence-corrected chi connectivity index (χ1v) is 13.1. The molecule has 192 valence electrons. The van der Waals surface area contributed by atoms with Gasteiger partial charge in [0, 0.05) is 39.3 Å². The highest BCUT2D eigenvalue weighted by atomic mass is 35.5. The lowest BCUT2D eigenvalue weighted by molar-refractivity contribution is -0.117. The molecular formula is C27H21Cl5N2O3. The summed E-state index contributed by atoms with van der Waals surface area (Å²) in [6.07, 6.45) is 0.108. The summed E-state index contributed by atoms with van der Waals surface area (Å²) < 4.78 is -1.32. The molecule has 0 spiro atoms. The quantitative estimate of drug-likeness (QED) is 0.197. The van der Waals surface area contributed by atoms with Crippen LogP contribution in [0.25, 0.3) is 0 Å². The molecule has 3 aromatic rings. The Kier molecular flexibility index (Phi) is 8.41. The van der Waals surface area contributed by atoms with Gasteiger partial charge in [0.2, 0.25) is 5.91 Å². The zero-order valence-corrected chi connectivity index (χ0v) is 23.2. The van der Waals surface area contributed by atoms with Crippen LogP contribution in [-0.2, 0) is 16.0 Å². The Balaban J connectivity index is 1.44. The molecule has 10 heteroatoms. The summed E-state index contributed by atoms with van der Waals surface area (Å²) in [5, 5.41) is 6.89. The number of ketones is 2. The van der Waals surface area contributed by atoms with E-state index in [2.05, 4.69) is 10.6 Å². The lowest BCUT2D eigenvalue weighted by Gasteiger charge is -2.10. The van der Waals surface area contributed by atoms with Crippen molar-refractivity contribution in [1.82, 2.24) is 0 Å². The molecule has 37 heavy (non-hydrogen) atoms. The van der Waals surface area contributed by atoms with Gasteiger partial charge in [-0.2, -0.15) is 0 Å². The summed E-state index contributed by atoms with van der Waals surface area (Å²) in [4.78, 5) is 37.2. The Morgan fingerprint density at radius 3 is 2.11 bits per heavy atom. The number of alkyl halides is 2. The minimum absolute atomic E-state index is 0.0229. The Hall–Kier alpha value is -2.28. The fourth-order valence-corrected chi connectivity index (χ4v) is 5.70. The van der Waals surface area contributed by atoms with Gasteiger partial charge in [-0.1, -0.05) is 46.9 Å². The SMILES string of the molecule is CC(=O)CNc1ccc(CC(=O)c2cc(NC(=O)C3C(c4cc(Cl)cc(Cl)c4)C3(Cl)Cl)ccc2Cl)cc1. The Labute approximate surface area is 239 Å². The average Bonchev–Trinajstić information content (AvgIpc) is 3.41. The fourth-order valence-electron chi connectivity index (χ4n) is 4.11. The van der Waals surface area contributed by atoms with E-state index in [9.17, 15) is 14.4 Å². The Morgan fingerprint density at radius 1 is 0.865 bits per heavy atom. The highest BCUT2D eigenvalue weighted by molar-refractivity contribution is 6.53. The monoisotopic (exact) mass is 596 g/mol. The number of Topliss-reactive ketones (excluding diaryl/α,β-unsaturated/α-hetero) is 2. The summed E-state index contributed by atoms with van der Waals surface area (Å²) in [5.74, 6) is -1.83. The lowest BCUT2D eigenvalue weighted by Crippen LogP contribution is -2.17. The number of carbonyl (C=O) groups is 3. The zero-order chi connectivity index (χ0) is 26.9. The first kappa shape index (κ1) is 27.7. The molecule has 2 unspecified atom stereocenters. The molecule has 0 radical (unpaired) electrons. The number of amides is 1. The van der Waals surface area contributed by atoms with Crippen molar-refractivity contribution >= 4 is 86.9 Å². The second kappa shape index (κ2) is 11.2. The van der Waals surface area contributed by atoms with Gasteiger partial charge in [-0.05, 0) is 66.6 Å². The van der Waals surface area contributed by atoms with Gasteiger partial charge in [0.25, 0.3) is 0 Å².